The van der Waals surface area contributed by atoms with Crippen molar-refractivity contribution in [2.45, 2.75) is 186 Å². The number of rotatable bonds is 11. The van der Waals surface area contributed by atoms with Crippen LogP contribution in [-0.2, 0) is 61.9 Å². The summed E-state index contributed by atoms with van der Waals surface area (Å²) in [4.78, 5) is 72.9. The van der Waals surface area contributed by atoms with Gasteiger partial charge >= 0.3 is 5.97 Å². The van der Waals surface area contributed by atoms with Gasteiger partial charge in [-0.1, -0.05) is 71.1 Å². The van der Waals surface area contributed by atoms with E-state index in [9.17, 15) is 39.3 Å². The van der Waals surface area contributed by atoms with E-state index in [0.717, 1.165) is 12.0 Å². The second-order valence-electron chi connectivity index (χ2n) is 21.8. The molecule has 74 heavy (non-hydrogen) atoms. The summed E-state index contributed by atoms with van der Waals surface area (Å²) < 4.78 is 47.9. The van der Waals surface area contributed by atoms with Gasteiger partial charge in [0.1, 0.15) is 36.2 Å². The highest BCUT2D eigenvalue weighted by atomic mass is 16.6. The number of Topliss-reactive ketones (excluding diaryl/α,β-unsaturated/α-hetero) is 3. The van der Waals surface area contributed by atoms with Crippen LogP contribution >= 0.6 is 0 Å². The molecule has 418 valence electrons. The number of piperidine rings is 1. The number of allylic oxidation sites excluding steroid dienone is 6. The maximum atomic E-state index is 14.6. The molecule has 1 saturated carbocycles. The van der Waals surface area contributed by atoms with Gasteiger partial charge in [-0.2, -0.15) is 0 Å². The highest BCUT2D eigenvalue weighted by Gasteiger charge is 2.53. The van der Waals surface area contributed by atoms with Crippen LogP contribution in [0.5, 0.6) is 0 Å². The Morgan fingerprint density at radius 2 is 1.64 bits per heavy atom. The largest absolute Gasteiger partial charge is 0.460 e. The fourth-order valence-corrected chi connectivity index (χ4v) is 11.3. The molecule has 0 aromatic carbocycles. The molecule has 1 amide bonds. The molecule has 17 nitrogen and oxygen atoms in total. The number of hydrogen-bond acceptors (Lipinski definition) is 16. The lowest BCUT2D eigenvalue weighted by Gasteiger charge is -2.43. The van der Waals surface area contributed by atoms with E-state index < -0.39 is 77.8 Å². The Hall–Kier alpha value is -3.49. The van der Waals surface area contributed by atoms with E-state index in [4.69, 9.17) is 37.9 Å². The summed E-state index contributed by atoms with van der Waals surface area (Å²) in [5, 5.41) is 33.1. The highest BCUT2D eigenvalue weighted by molar-refractivity contribution is 6.39. The fraction of sp³-hybridized carbons (Fsp3) is 0.772. The smallest absolute Gasteiger partial charge is 0.329 e. The molecule has 5 rings (SSSR count). The maximum Gasteiger partial charge on any atom is 0.329 e. The molecular formula is C57H89NO16. The first kappa shape index (κ1) is 61.4. The summed E-state index contributed by atoms with van der Waals surface area (Å²) in [5.41, 5.74) is 1.23. The zero-order valence-corrected chi connectivity index (χ0v) is 45.7. The van der Waals surface area contributed by atoms with Crippen molar-refractivity contribution in [3.63, 3.8) is 0 Å². The van der Waals surface area contributed by atoms with Crippen molar-refractivity contribution in [2.24, 2.45) is 35.5 Å². The molecule has 0 aromatic heterocycles. The van der Waals surface area contributed by atoms with E-state index in [1.807, 2.05) is 58.1 Å². The average molecular weight is 1040 g/mol. The molecule has 17 heteroatoms. The molecule has 0 radical (unpaired) electrons. The SMILES string of the molecule is CO[C@@H]1C[C@H](C[C@@H](C)[C@@H]2CC(=O)[C@H](C)/C=C(\C)[C@@H](O)[C@@H](OC)C(=O)[C@H](C)C[C@H](C)/C=C/C=C/C=C(\C)[C@@H](OC[C@@H]3COCCO3)C[C@@H]3CC[C@@H](C)[C@@](O)(O3)C(=O)C(=O)N3CCCC[C@H]3C(=O)O2)CC[C@H]1OCCO. The number of carbonyl (C=O) groups excluding carboxylic acids is 5. The molecule has 1 aliphatic carbocycles. The first-order chi connectivity index (χ1) is 35.3. The Bertz CT molecular complexity index is 1960. The van der Waals surface area contributed by atoms with Gasteiger partial charge in [-0.15, -0.1) is 0 Å². The lowest BCUT2D eigenvalue weighted by molar-refractivity contribution is -0.266. The van der Waals surface area contributed by atoms with Crippen molar-refractivity contribution in [3.05, 3.63) is 47.6 Å². The van der Waals surface area contributed by atoms with Crippen LogP contribution in [0.2, 0.25) is 0 Å². The summed E-state index contributed by atoms with van der Waals surface area (Å²) in [6, 6.07) is -1.17. The van der Waals surface area contributed by atoms with Gasteiger partial charge in [-0.3, -0.25) is 19.2 Å². The number of amides is 1. The predicted molar refractivity (Wildman–Crippen MR) is 275 cm³/mol. The molecule has 4 heterocycles. The topological polar surface area (TPSA) is 223 Å². The lowest BCUT2D eigenvalue weighted by atomic mass is 9.78. The fourth-order valence-electron chi connectivity index (χ4n) is 11.3. The van der Waals surface area contributed by atoms with Crippen molar-refractivity contribution in [2.75, 3.05) is 60.4 Å². The van der Waals surface area contributed by atoms with Gasteiger partial charge in [0.05, 0.1) is 64.1 Å². The number of ketones is 3. The van der Waals surface area contributed by atoms with Crippen molar-refractivity contribution in [1.82, 2.24) is 4.90 Å². The number of esters is 1. The zero-order chi connectivity index (χ0) is 54.1. The van der Waals surface area contributed by atoms with Crippen LogP contribution in [0.4, 0.5) is 0 Å². The number of methoxy groups -OCH3 is 2. The average Bonchev–Trinajstić information content (AvgIpc) is 3.39. The van der Waals surface area contributed by atoms with Crippen LogP contribution in [0.15, 0.2) is 47.6 Å². The first-order valence-electron chi connectivity index (χ1n) is 27.3. The number of cyclic esters (lactones) is 1. The minimum absolute atomic E-state index is 0.0101. The van der Waals surface area contributed by atoms with Crippen molar-refractivity contribution in [3.8, 4) is 0 Å². The predicted octanol–water partition coefficient (Wildman–Crippen LogP) is 5.98. The van der Waals surface area contributed by atoms with Crippen LogP contribution in [0.3, 0.4) is 0 Å². The number of nitrogens with zero attached hydrogens (tertiary/aromatic N) is 1. The number of carbonyl (C=O) groups is 5. The molecule has 0 spiro atoms. The Kier molecular flexibility index (Phi) is 24.8. The normalized spacial score (nSPS) is 39.2. The van der Waals surface area contributed by atoms with Crippen LogP contribution in [0, 0.1) is 35.5 Å². The van der Waals surface area contributed by atoms with Crippen molar-refractivity contribution in [1.29, 1.82) is 0 Å². The van der Waals surface area contributed by atoms with E-state index >= 15 is 0 Å². The Morgan fingerprint density at radius 1 is 0.865 bits per heavy atom. The number of aliphatic hydroxyl groups is 3. The van der Waals surface area contributed by atoms with Crippen molar-refractivity contribution < 1.29 is 77.2 Å². The molecule has 3 N–H and O–H groups in total. The van der Waals surface area contributed by atoms with Crippen LogP contribution in [-0.4, -0.2) is 171 Å². The van der Waals surface area contributed by atoms with Crippen LogP contribution in [0.25, 0.3) is 0 Å². The van der Waals surface area contributed by atoms with E-state index in [2.05, 4.69) is 0 Å². The molecule has 4 aliphatic heterocycles. The number of aliphatic hydroxyl groups excluding tert-OH is 2. The third kappa shape index (κ3) is 17.0. The van der Waals surface area contributed by atoms with Gasteiger partial charge in [-0.25, -0.2) is 4.79 Å². The summed E-state index contributed by atoms with van der Waals surface area (Å²) in [6.07, 6.45) is 11.3. The molecular weight excluding hydrogens is 955 g/mol. The molecule has 5 aliphatic rings. The monoisotopic (exact) mass is 1040 g/mol. The molecule has 0 aromatic rings. The molecule has 0 unspecified atom stereocenters. The molecule has 16 atom stereocenters. The van der Waals surface area contributed by atoms with Crippen LogP contribution in [0.1, 0.15) is 126 Å². The number of fused-ring (bicyclic) bond motifs is 3. The molecule has 3 saturated heterocycles. The van der Waals surface area contributed by atoms with Gasteiger partial charge in [-0.05, 0) is 107 Å². The van der Waals surface area contributed by atoms with Gasteiger partial charge in [0.25, 0.3) is 11.7 Å². The second-order valence-corrected chi connectivity index (χ2v) is 21.8. The molecule has 2 bridgehead atoms. The third-order valence-electron chi connectivity index (χ3n) is 16.0. The summed E-state index contributed by atoms with van der Waals surface area (Å²) >= 11 is 0. The minimum atomic E-state index is -2.48. The van der Waals surface area contributed by atoms with E-state index in [1.54, 1.807) is 34.0 Å². The zero-order valence-electron chi connectivity index (χ0n) is 45.7. The van der Waals surface area contributed by atoms with Gasteiger partial charge in [0, 0.05) is 51.4 Å². The Balaban J connectivity index is 1.47. The van der Waals surface area contributed by atoms with Gasteiger partial charge in [0.15, 0.2) is 5.78 Å². The summed E-state index contributed by atoms with van der Waals surface area (Å²) in [7, 11) is 3.01. The highest BCUT2D eigenvalue weighted by Crippen LogP contribution is 2.38. The maximum absolute atomic E-state index is 14.6. The minimum Gasteiger partial charge on any atom is -0.460 e. The summed E-state index contributed by atoms with van der Waals surface area (Å²) in [6.45, 7) is 14.4. The number of ether oxygens (including phenoxy) is 8. The van der Waals surface area contributed by atoms with E-state index in [-0.39, 0.29) is 93.3 Å². The standard InChI is InChI=1S/C57H89NO16/c1-35-15-11-10-12-16-36(2)48(72-34-44-33-69-25-26-70-44)31-43-20-18-41(7)57(66,74-43)54(63)55(64)58-22-14-13-17-45(58)56(65)73-49(38(4)29-42-19-21-47(71-24-23-59)50(30-42)67-8)32-46(60)37(3)28-40(6)52(62)53(68-9)51(61)39(5)27-35/h10-12,15-16,28,35,37-39,41-45,47-50,52-53,59,62,66H,13-14,17-27,29-34H2,1-9H3/b12-10+,15-11+,36-16+,40-28+/t35-,37-,38-,39-,41-,42+,43+,44+,45+,47-,48+,49+,50-,52-,53+,57-/m1/s1. The number of hydrogen-bond donors (Lipinski definition) is 3. The Labute approximate surface area is 439 Å². The first-order valence-corrected chi connectivity index (χ1v) is 27.3. The molecule has 4 fully saturated rings. The van der Waals surface area contributed by atoms with Gasteiger partial charge in [0.2, 0.25) is 5.79 Å². The second kappa shape index (κ2) is 29.9. The third-order valence-corrected chi connectivity index (χ3v) is 16.0. The Morgan fingerprint density at radius 3 is 2.34 bits per heavy atom. The van der Waals surface area contributed by atoms with E-state index in [0.29, 0.717) is 76.8 Å². The van der Waals surface area contributed by atoms with Crippen LogP contribution < -0.4 is 0 Å². The summed E-state index contributed by atoms with van der Waals surface area (Å²) in [5.74, 6) is -8.18. The lowest BCUT2D eigenvalue weighted by Crippen LogP contribution is -2.61. The quantitative estimate of drug-likeness (QED) is 0.123. The van der Waals surface area contributed by atoms with Gasteiger partial charge < -0.3 is 58.1 Å². The van der Waals surface area contributed by atoms with Crippen molar-refractivity contribution >= 4 is 29.2 Å². The van der Waals surface area contributed by atoms with E-state index in [1.165, 1.54) is 12.0 Å².